The van der Waals surface area contributed by atoms with Gasteiger partial charge in [-0.2, -0.15) is 5.48 Å². The van der Waals surface area contributed by atoms with E-state index < -0.39 is 5.97 Å². The quantitative estimate of drug-likeness (QED) is 0.833. The zero-order chi connectivity index (χ0) is 15.8. The van der Waals surface area contributed by atoms with E-state index in [0.29, 0.717) is 5.56 Å². The molecule has 2 aromatic rings. The highest BCUT2D eigenvalue weighted by atomic mass is 16.7. The second-order valence-corrected chi connectivity index (χ2v) is 4.90. The highest BCUT2D eigenvalue weighted by Gasteiger charge is 2.12. The number of rotatable bonds is 5. The van der Waals surface area contributed by atoms with E-state index in [2.05, 4.69) is 10.8 Å². The number of amides is 1. The molecular weight excluding hydrogens is 280 g/mol. The molecule has 0 aliphatic rings. The van der Waals surface area contributed by atoms with Gasteiger partial charge in [0, 0.05) is 18.2 Å². The van der Waals surface area contributed by atoms with Crippen LogP contribution in [0.15, 0.2) is 60.7 Å². The first-order valence-electron chi connectivity index (χ1n) is 7.02. The lowest BCUT2D eigenvalue weighted by molar-refractivity contribution is -0.130. The highest BCUT2D eigenvalue weighted by Crippen LogP contribution is 2.08. The van der Waals surface area contributed by atoms with Gasteiger partial charge in [0.05, 0.1) is 5.56 Å². The van der Waals surface area contributed by atoms with Gasteiger partial charge in [0.2, 0.25) is 0 Å². The third kappa shape index (κ3) is 4.94. The van der Waals surface area contributed by atoms with Crippen molar-refractivity contribution >= 4 is 17.6 Å². The molecule has 0 aromatic heterocycles. The number of carbonyl (C=O) groups is 2. The molecule has 0 saturated heterocycles. The molecule has 2 rings (SSSR count). The third-order valence-corrected chi connectivity index (χ3v) is 2.95. The summed E-state index contributed by atoms with van der Waals surface area (Å²) in [5.41, 5.74) is 3.49. The molecule has 114 valence electrons. The number of hydrogen-bond acceptors (Lipinski definition) is 4. The van der Waals surface area contributed by atoms with Crippen LogP contribution in [0.2, 0.25) is 0 Å². The van der Waals surface area contributed by atoms with E-state index >= 15 is 0 Å². The SMILES string of the molecule is C[C@@H](CC(=O)NOC(=O)c1ccccc1)Nc1ccccc1. The zero-order valence-corrected chi connectivity index (χ0v) is 12.3. The van der Waals surface area contributed by atoms with Crippen LogP contribution in [0.5, 0.6) is 0 Å². The van der Waals surface area contributed by atoms with Crippen molar-refractivity contribution in [3.63, 3.8) is 0 Å². The molecule has 0 bridgehead atoms. The van der Waals surface area contributed by atoms with E-state index in [4.69, 9.17) is 4.84 Å². The fourth-order valence-electron chi connectivity index (χ4n) is 1.93. The third-order valence-electron chi connectivity index (χ3n) is 2.95. The van der Waals surface area contributed by atoms with E-state index in [0.717, 1.165) is 5.69 Å². The van der Waals surface area contributed by atoms with E-state index in [-0.39, 0.29) is 18.4 Å². The summed E-state index contributed by atoms with van der Waals surface area (Å²) in [5, 5.41) is 3.19. The van der Waals surface area contributed by atoms with E-state index in [9.17, 15) is 9.59 Å². The van der Waals surface area contributed by atoms with Gasteiger partial charge in [-0.3, -0.25) is 4.79 Å². The van der Waals surface area contributed by atoms with Crippen LogP contribution in [-0.2, 0) is 9.63 Å². The number of anilines is 1. The lowest BCUT2D eigenvalue weighted by atomic mass is 10.2. The van der Waals surface area contributed by atoms with Crippen LogP contribution in [0, 0.1) is 0 Å². The summed E-state index contributed by atoms with van der Waals surface area (Å²) >= 11 is 0. The van der Waals surface area contributed by atoms with Gasteiger partial charge in [-0.1, -0.05) is 36.4 Å². The summed E-state index contributed by atoms with van der Waals surface area (Å²) in [4.78, 5) is 28.2. The Bertz CT molecular complexity index is 614. The minimum atomic E-state index is -0.586. The Labute approximate surface area is 129 Å². The number of para-hydroxylation sites is 1. The van der Waals surface area contributed by atoms with Gasteiger partial charge in [0.1, 0.15) is 0 Å². The first kappa shape index (κ1) is 15.6. The van der Waals surface area contributed by atoms with Gasteiger partial charge in [-0.25, -0.2) is 4.79 Å². The molecule has 0 saturated carbocycles. The average Bonchev–Trinajstić information content (AvgIpc) is 2.54. The van der Waals surface area contributed by atoms with Gasteiger partial charge in [-0.15, -0.1) is 0 Å². The second kappa shape index (κ2) is 7.83. The standard InChI is InChI=1S/C17H18N2O3/c1-13(18-15-10-6-3-7-11-15)12-16(20)19-22-17(21)14-8-4-2-5-9-14/h2-11,13,18H,12H2,1H3,(H,19,20)/t13-/m0/s1. The maximum Gasteiger partial charge on any atom is 0.362 e. The fourth-order valence-corrected chi connectivity index (χ4v) is 1.93. The zero-order valence-electron chi connectivity index (χ0n) is 12.3. The Morgan fingerprint density at radius 1 is 1.00 bits per heavy atom. The van der Waals surface area contributed by atoms with Gasteiger partial charge >= 0.3 is 5.97 Å². The largest absolute Gasteiger partial charge is 0.382 e. The van der Waals surface area contributed by atoms with Crippen LogP contribution in [0.1, 0.15) is 23.7 Å². The smallest absolute Gasteiger partial charge is 0.362 e. The maximum atomic E-state index is 11.8. The Kier molecular flexibility index (Phi) is 5.54. The van der Waals surface area contributed by atoms with Crippen LogP contribution < -0.4 is 10.8 Å². The van der Waals surface area contributed by atoms with Crippen molar-refractivity contribution in [2.24, 2.45) is 0 Å². The van der Waals surface area contributed by atoms with Crippen molar-refractivity contribution in [1.29, 1.82) is 0 Å². The van der Waals surface area contributed by atoms with E-state index in [1.807, 2.05) is 37.3 Å². The molecule has 2 N–H and O–H groups in total. The summed E-state index contributed by atoms with van der Waals surface area (Å²) in [7, 11) is 0. The van der Waals surface area contributed by atoms with E-state index in [1.54, 1.807) is 30.3 Å². The van der Waals surface area contributed by atoms with Crippen LogP contribution >= 0.6 is 0 Å². The number of hydroxylamine groups is 1. The first-order chi connectivity index (χ1) is 10.6. The molecule has 0 aliphatic carbocycles. The van der Waals surface area contributed by atoms with Gasteiger partial charge in [-0.05, 0) is 31.2 Å². The molecule has 2 aromatic carbocycles. The van der Waals surface area contributed by atoms with E-state index in [1.165, 1.54) is 0 Å². The molecule has 5 nitrogen and oxygen atoms in total. The van der Waals surface area contributed by atoms with Crippen LogP contribution in [0.25, 0.3) is 0 Å². The molecule has 0 radical (unpaired) electrons. The topological polar surface area (TPSA) is 67.4 Å². The predicted molar refractivity (Wildman–Crippen MR) is 84.1 cm³/mol. The second-order valence-electron chi connectivity index (χ2n) is 4.90. The van der Waals surface area contributed by atoms with Crippen LogP contribution in [0.4, 0.5) is 5.69 Å². The van der Waals surface area contributed by atoms with Crippen molar-refractivity contribution in [3.05, 3.63) is 66.2 Å². The van der Waals surface area contributed by atoms with Crippen molar-refractivity contribution in [2.75, 3.05) is 5.32 Å². The average molecular weight is 298 g/mol. The number of hydrogen-bond donors (Lipinski definition) is 2. The van der Waals surface area contributed by atoms with Gasteiger partial charge < -0.3 is 10.2 Å². The minimum absolute atomic E-state index is 0.0853. The predicted octanol–water partition coefficient (Wildman–Crippen LogP) is 2.77. The molecule has 0 spiro atoms. The van der Waals surface area contributed by atoms with Crippen molar-refractivity contribution < 1.29 is 14.4 Å². The summed E-state index contributed by atoms with van der Waals surface area (Å²) < 4.78 is 0. The molecule has 1 amide bonds. The molecule has 0 heterocycles. The van der Waals surface area contributed by atoms with Crippen LogP contribution in [0.3, 0.4) is 0 Å². The van der Waals surface area contributed by atoms with Gasteiger partial charge in [0.15, 0.2) is 0 Å². The Hall–Kier alpha value is -2.82. The number of nitrogens with one attached hydrogen (secondary N) is 2. The summed E-state index contributed by atoms with van der Waals surface area (Å²) in [6.07, 6.45) is 0.191. The maximum absolute atomic E-state index is 11.8. The first-order valence-corrected chi connectivity index (χ1v) is 7.02. The normalized spacial score (nSPS) is 11.3. The van der Waals surface area contributed by atoms with Crippen LogP contribution in [-0.4, -0.2) is 17.9 Å². The molecule has 5 heteroatoms. The van der Waals surface area contributed by atoms with Crippen molar-refractivity contribution in [3.8, 4) is 0 Å². The minimum Gasteiger partial charge on any atom is -0.382 e. The van der Waals surface area contributed by atoms with Gasteiger partial charge in [0.25, 0.3) is 5.91 Å². The lowest BCUT2D eigenvalue weighted by Gasteiger charge is -2.14. The molecule has 22 heavy (non-hydrogen) atoms. The summed E-state index contributed by atoms with van der Waals surface area (Å²) in [6, 6.07) is 18.0. The number of carbonyl (C=O) groups excluding carboxylic acids is 2. The summed E-state index contributed by atoms with van der Waals surface area (Å²) in [5.74, 6) is -0.946. The Morgan fingerprint density at radius 2 is 1.59 bits per heavy atom. The van der Waals surface area contributed by atoms with Crippen molar-refractivity contribution in [2.45, 2.75) is 19.4 Å². The number of benzene rings is 2. The molecule has 0 aliphatic heterocycles. The Morgan fingerprint density at radius 3 is 2.23 bits per heavy atom. The lowest BCUT2D eigenvalue weighted by Crippen LogP contribution is -2.31. The molecular formula is C17H18N2O3. The monoisotopic (exact) mass is 298 g/mol. The Balaban J connectivity index is 1.75. The summed E-state index contributed by atoms with van der Waals surface area (Å²) in [6.45, 7) is 1.88. The fraction of sp³-hybridized carbons (Fsp3) is 0.176. The molecule has 1 atom stereocenters. The highest BCUT2D eigenvalue weighted by molar-refractivity contribution is 5.90. The molecule has 0 unspecified atom stereocenters. The van der Waals surface area contributed by atoms with Crippen molar-refractivity contribution in [1.82, 2.24) is 5.48 Å². The molecule has 0 fully saturated rings.